The third-order valence-electron chi connectivity index (χ3n) is 3.89. The molecule has 0 spiro atoms. The number of anilines is 1. The number of hydrogen-bond donors (Lipinski definition) is 2. The Labute approximate surface area is 195 Å². The average molecular weight is 583 g/mol. The van der Waals surface area contributed by atoms with Crippen molar-refractivity contribution in [2.24, 2.45) is 0 Å². The van der Waals surface area contributed by atoms with Gasteiger partial charge in [-0.3, -0.25) is 4.79 Å². The molecule has 0 fully saturated rings. The molecule has 2 N–H and O–H groups in total. The molecule has 0 atom stereocenters. The van der Waals surface area contributed by atoms with E-state index in [2.05, 4.69) is 5.32 Å². The van der Waals surface area contributed by atoms with Gasteiger partial charge in [-0.05, 0) is 77.2 Å². The van der Waals surface area contributed by atoms with Crippen molar-refractivity contribution in [3.8, 4) is 5.75 Å². The molecule has 0 aliphatic heterocycles. The Kier molecular flexibility index (Phi) is 6.64. The third-order valence-corrected chi connectivity index (χ3v) is 7.28. The van der Waals surface area contributed by atoms with Crippen molar-refractivity contribution in [3.63, 3.8) is 0 Å². The van der Waals surface area contributed by atoms with Gasteiger partial charge in [-0.15, -0.1) is 0 Å². The Hall–Kier alpha value is -1.52. The van der Waals surface area contributed by atoms with Gasteiger partial charge in [0.1, 0.15) is 5.75 Å². The Balaban J connectivity index is 1.98. The van der Waals surface area contributed by atoms with Crippen molar-refractivity contribution < 1.29 is 18.3 Å². The number of hydrogen-bond acceptors (Lipinski definition) is 4. The van der Waals surface area contributed by atoms with Gasteiger partial charge in [0, 0.05) is 10.0 Å². The van der Waals surface area contributed by atoms with Crippen molar-refractivity contribution >= 4 is 78.8 Å². The highest BCUT2D eigenvalue weighted by Gasteiger charge is 2.21. The van der Waals surface area contributed by atoms with E-state index in [9.17, 15) is 18.3 Å². The molecule has 0 saturated heterocycles. The van der Waals surface area contributed by atoms with Crippen LogP contribution in [0.3, 0.4) is 0 Å². The fourth-order valence-electron chi connectivity index (χ4n) is 2.45. The maximum Gasteiger partial charge on any atom is 0.259 e. The lowest BCUT2D eigenvalue weighted by Gasteiger charge is -2.12. The molecule has 3 aromatic carbocycles. The molecule has 1 amide bonds. The first-order valence-electron chi connectivity index (χ1n) is 7.89. The molecule has 0 bridgehead atoms. The lowest BCUT2D eigenvalue weighted by molar-refractivity contribution is 0.102. The van der Waals surface area contributed by atoms with Crippen LogP contribution >= 0.6 is 57.4 Å². The Bertz CT molecular complexity index is 1210. The van der Waals surface area contributed by atoms with Crippen molar-refractivity contribution in [2.45, 2.75) is 9.79 Å². The molecule has 0 saturated carbocycles. The quantitative estimate of drug-likeness (QED) is 0.368. The largest absolute Gasteiger partial charge is 0.506 e. The lowest BCUT2D eigenvalue weighted by Crippen LogP contribution is -2.13. The predicted octanol–water partition coefficient (Wildman–Crippen LogP) is 6.04. The SMILES string of the molecule is O=C(Nc1cc(S(=O)(=O)c2ccc(Cl)cc2)ccc1Cl)c1cc(Cl)cc(I)c1O. The number of benzene rings is 3. The van der Waals surface area contributed by atoms with Crippen molar-refractivity contribution in [2.75, 3.05) is 5.32 Å². The van der Waals surface area contributed by atoms with Gasteiger partial charge >= 0.3 is 0 Å². The highest BCUT2D eigenvalue weighted by atomic mass is 127. The molecule has 0 aromatic heterocycles. The molecule has 0 aliphatic rings. The normalized spacial score (nSPS) is 11.3. The summed E-state index contributed by atoms with van der Waals surface area (Å²) in [6, 6.07) is 12.5. The van der Waals surface area contributed by atoms with E-state index in [0.717, 1.165) is 0 Å². The van der Waals surface area contributed by atoms with Crippen LogP contribution in [0, 0.1) is 3.57 Å². The molecule has 10 heteroatoms. The molecule has 0 radical (unpaired) electrons. The van der Waals surface area contributed by atoms with Crippen molar-refractivity contribution in [3.05, 3.63) is 78.8 Å². The maximum atomic E-state index is 12.9. The molecule has 0 heterocycles. The number of halogens is 4. The van der Waals surface area contributed by atoms with Gasteiger partial charge in [0.15, 0.2) is 0 Å². The van der Waals surface area contributed by atoms with Crippen LogP contribution in [0.4, 0.5) is 5.69 Å². The van der Waals surface area contributed by atoms with Crippen molar-refractivity contribution in [1.82, 2.24) is 0 Å². The van der Waals surface area contributed by atoms with Crippen LogP contribution in [0.1, 0.15) is 10.4 Å². The average Bonchev–Trinajstić information content (AvgIpc) is 2.66. The van der Waals surface area contributed by atoms with Gasteiger partial charge in [-0.1, -0.05) is 34.8 Å². The zero-order valence-electron chi connectivity index (χ0n) is 14.3. The summed E-state index contributed by atoms with van der Waals surface area (Å²) in [4.78, 5) is 12.6. The number of sulfone groups is 1. The van der Waals surface area contributed by atoms with E-state index in [0.29, 0.717) is 8.59 Å². The second-order valence-corrected chi connectivity index (χ2v) is 10.2. The van der Waals surface area contributed by atoms with Crippen LogP contribution in [0.25, 0.3) is 0 Å². The number of phenols is 1. The zero-order valence-corrected chi connectivity index (χ0v) is 19.5. The van der Waals surface area contributed by atoms with Crippen LogP contribution < -0.4 is 5.32 Å². The summed E-state index contributed by atoms with van der Waals surface area (Å²) in [6.07, 6.45) is 0. The molecule has 0 aliphatic carbocycles. The minimum absolute atomic E-state index is 0.0449. The smallest absolute Gasteiger partial charge is 0.259 e. The van der Waals surface area contributed by atoms with E-state index in [-0.39, 0.29) is 36.8 Å². The number of nitrogens with one attached hydrogen (secondary N) is 1. The Morgan fingerprint density at radius 3 is 2.17 bits per heavy atom. The summed E-state index contributed by atoms with van der Waals surface area (Å²) in [5, 5.41) is 13.4. The number of carbonyl (C=O) groups is 1. The number of carbonyl (C=O) groups excluding carboxylic acids is 1. The van der Waals surface area contributed by atoms with E-state index in [4.69, 9.17) is 34.8 Å². The Morgan fingerprint density at radius 2 is 1.52 bits per heavy atom. The number of aromatic hydroxyl groups is 1. The number of amides is 1. The van der Waals surface area contributed by atoms with E-state index in [1.165, 1.54) is 54.6 Å². The zero-order chi connectivity index (χ0) is 21.3. The lowest BCUT2D eigenvalue weighted by atomic mass is 10.2. The molecule has 5 nitrogen and oxygen atoms in total. The van der Waals surface area contributed by atoms with Crippen LogP contribution in [0.15, 0.2) is 64.4 Å². The highest BCUT2D eigenvalue weighted by molar-refractivity contribution is 14.1. The summed E-state index contributed by atoms with van der Waals surface area (Å²) in [7, 11) is -3.86. The molecule has 150 valence electrons. The summed E-state index contributed by atoms with van der Waals surface area (Å²) >= 11 is 19.7. The van der Waals surface area contributed by atoms with Gasteiger partial charge in [0.2, 0.25) is 9.84 Å². The van der Waals surface area contributed by atoms with Gasteiger partial charge in [0.25, 0.3) is 5.91 Å². The van der Waals surface area contributed by atoms with Gasteiger partial charge < -0.3 is 10.4 Å². The number of rotatable bonds is 4. The second-order valence-electron chi connectivity index (χ2n) is 5.84. The number of phenolic OH excluding ortho intramolecular Hbond substituents is 1. The summed E-state index contributed by atoms with van der Waals surface area (Å²) < 4.78 is 26.1. The summed E-state index contributed by atoms with van der Waals surface area (Å²) in [6.45, 7) is 0. The molecule has 29 heavy (non-hydrogen) atoms. The van der Waals surface area contributed by atoms with Crippen LogP contribution in [-0.4, -0.2) is 19.4 Å². The van der Waals surface area contributed by atoms with Crippen LogP contribution in [0.2, 0.25) is 15.1 Å². The molecular formula is C19H11Cl3INO4S. The summed E-state index contributed by atoms with van der Waals surface area (Å²) in [5.74, 6) is -0.931. The van der Waals surface area contributed by atoms with Gasteiger partial charge in [-0.25, -0.2) is 8.42 Å². The van der Waals surface area contributed by atoms with E-state index in [1.807, 2.05) is 22.6 Å². The first kappa shape index (κ1) is 22.2. The topological polar surface area (TPSA) is 83.5 Å². The minimum Gasteiger partial charge on any atom is -0.506 e. The minimum atomic E-state index is -3.86. The summed E-state index contributed by atoms with van der Waals surface area (Å²) in [5.41, 5.74) is 0.00465. The second kappa shape index (κ2) is 8.69. The van der Waals surface area contributed by atoms with Crippen LogP contribution in [0.5, 0.6) is 5.75 Å². The maximum absolute atomic E-state index is 12.9. The molecular weight excluding hydrogens is 572 g/mol. The molecule has 0 unspecified atom stereocenters. The van der Waals surface area contributed by atoms with Gasteiger partial charge in [0.05, 0.1) is 29.6 Å². The first-order chi connectivity index (χ1) is 13.6. The standard InChI is InChI=1S/C19H11Cl3INO4S/c20-10-1-3-12(4-2-10)29(27,28)13-5-6-15(22)17(9-13)24-19(26)14-7-11(21)8-16(23)18(14)25/h1-9,25H,(H,24,26). The van der Waals surface area contributed by atoms with Crippen molar-refractivity contribution in [1.29, 1.82) is 0 Å². The van der Waals surface area contributed by atoms with E-state index >= 15 is 0 Å². The highest BCUT2D eigenvalue weighted by Crippen LogP contribution is 2.32. The molecule has 3 rings (SSSR count). The first-order valence-corrected chi connectivity index (χ1v) is 11.6. The Morgan fingerprint density at radius 1 is 0.897 bits per heavy atom. The van der Waals surface area contributed by atoms with E-state index < -0.39 is 15.7 Å². The fraction of sp³-hybridized carbons (Fsp3) is 0. The van der Waals surface area contributed by atoms with Gasteiger partial charge in [-0.2, -0.15) is 0 Å². The van der Waals surface area contributed by atoms with E-state index in [1.54, 1.807) is 0 Å². The third kappa shape index (κ3) is 4.80. The monoisotopic (exact) mass is 581 g/mol. The van der Waals surface area contributed by atoms with Crippen LogP contribution in [-0.2, 0) is 9.84 Å². The fourth-order valence-corrected chi connectivity index (χ4v) is 5.05. The molecule has 3 aromatic rings. The predicted molar refractivity (Wildman–Crippen MR) is 122 cm³/mol.